The molecule has 0 aromatic carbocycles. The van der Waals surface area contributed by atoms with Crippen LogP contribution in [-0.2, 0) is 14.3 Å². The van der Waals surface area contributed by atoms with E-state index in [0.717, 1.165) is 39.0 Å². The second-order valence-electron chi connectivity index (χ2n) is 6.35. The Kier molecular flexibility index (Phi) is 6.02. The summed E-state index contributed by atoms with van der Waals surface area (Å²) in [6.07, 6.45) is 5.04. The van der Waals surface area contributed by atoms with E-state index in [2.05, 4.69) is 16.8 Å². The first-order chi connectivity index (χ1) is 10.1. The van der Waals surface area contributed by atoms with Crippen LogP contribution in [0.1, 0.15) is 39.0 Å². The Morgan fingerprint density at radius 2 is 1.95 bits per heavy atom. The van der Waals surface area contributed by atoms with Crippen LogP contribution in [0.25, 0.3) is 0 Å². The van der Waals surface area contributed by atoms with Gasteiger partial charge in [0.1, 0.15) is 0 Å². The minimum Gasteiger partial charge on any atom is -0.466 e. The van der Waals surface area contributed by atoms with Crippen molar-refractivity contribution in [2.45, 2.75) is 50.7 Å². The Hall–Kier alpha value is -0.650. The summed E-state index contributed by atoms with van der Waals surface area (Å²) in [6, 6.07) is 0. The third-order valence-corrected chi connectivity index (χ3v) is 5.10. The number of rotatable bonds is 5. The number of carbonyl (C=O) groups excluding carboxylic acids is 1. The fourth-order valence-corrected chi connectivity index (χ4v) is 3.92. The van der Waals surface area contributed by atoms with Crippen molar-refractivity contribution >= 4 is 5.97 Å². The Morgan fingerprint density at radius 3 is 2.57 bits per heavy atom. The Labute approximate surface area is 128 Å². The normalized spacial score (nSPS) is 32.0. The van der Waals surface area contributed by atoms with Crippen molar-refractivity contribution < 1.29 is 14.3 Å². The van der Waals surface area contributed by atoms with Crippen LogP contribution < -0.4 is 0 Å². The molecule has 2 aliphatic rings. The van der Waals surface area contributed by atoms with Crippen molar-refractivity contribution in [2.24, 2.45) is 0 Å². The van der Waals surface area contributed by atoms with E-state index in [4.69, 9.17) is 9.47 Å². The molecule has 1 saturated heterocycles. The number of esters is 1. The summed E-state index contributed by atoms with van der Waals surface area (Å²) in [4.78, 5) is 17.0. The first kappa shape index (κ1) is 16.7. The van der Waals surface area contributed by atoms with Crippen molar-refractivity contribution in [2.75, 3.05) is 46.9 Å². The molecular weight excluding hydrogens is 268 g/mol. The molecule has 1 heterocycles. The molecule has 1 saturated carbocycles. The lowest BCUT2D eigenvalue weighted by Gasteiger charge is -2.52. The second kappa shape index (κ2) is 7.56. The highest BCUT2D eigenvalue weighted by Crippen LogP contribution is 2.39. The maximum absolute atomic E-state index is 12.2. The Bertz CT molecular complexity index is 342. The summed E-state index contributed by atoms with van der Waals surface area (Å²) in [6.45, 7) is 6.46. The molecule has 2 atom stereocenters. The van der Waals surface area contributed by atoms with Gasteiger partial charge in [0.2, 0.25) is 0 Å². The van der Waals surface area contributed by atoms with Crippen molar-refractivity contribution in [3.63, 3.8) is 0 Å². The topological polar surface area (TPSA) is 42.0 Å². The van der Waals surface area contributed by atoms with Crippen LogP contribution >= 0.6 is 0 Å². The number of hydrogen-bond donors (Lipinski definition) is 0. The number of piperazine rings is 1. The van der Waals surface area contributed by atoms with Gasteiger partial charge in [0.05, 0.1) is 24.7 Å². The smallest absolute Gasteiger partial charge is 0.307 e. The highest BCUT2D eigenvalue weighted by molar-refractivity contribution is 5.71. The summed E-state index contributed by atoms with van der Waals surface area (Å²) in [5.41, 5.74) is -0.166. The molecule has 21 heavy (non-hydrogen) atoms. The molecule has 5 heteroatoms. The zero-order valence-corrected chi connectivity index (χ0v) is 13.8. The maximum Gasteiger partial charge on any atom is 0.307 e. The first-order valence-corrected chi connectivity index (χ1v) is 8.24. The molecule has 0 bridgehead atoms. The zero-order valence-electron chi connectivity index (χ0n) is 13.8. The highest BCUT2D eigenvalue weighted by atomic mass is 16.5. The third kappa shape index (κ3) is 3.76. The van der Waals surface area contributed by atoms with E-state index in [1.54, 1.807) is 7.11 Å². The molecule has 2 unspecified atom stereocenters. The van der Waals surface area contributed by atoms with Gasteiger partial charge in [0.15, 0.2) is 0 Å². The molecule has 0 aromatic rings. The zero-order chi connectivity index (χ0) is 15.3. The van der Waals surface area contributed by atoms with Gasteiger partial charge >= 0.3 is 5.97 Å². The SMILES string of the molecule is CCOC(=O)CC1(N2CCN(C)CC2)CCCCC1OC. The standard InChI is InChI=1S/C16H30N2O3/c1-4-21-15(19)13-16(8-6-5-7-14(16)20-3)18-11-9-17(2)10-12-18/h14H,4-13H2,1-3H3. The summed E-state index contributed by atoms with van der Waals surface area (Å²) < 4.78 is 11.0. The van der Waals surface area contributed by atoms with E-state index in [0.29, 0.717) is 13.0 Å². The molecule has 0 aromatic heterocycles. The van der Waals surface area contributed by atoms with Crippen LogP contribution in [0.15, 0.2) is 0 Å². The molecule has 1 aliphatic carbocycles. The van der Waals surface area contributed by atoms with Gasteiger partial charge in [-0.1, -0.05) is 12.8 Å². The maximum atomic E-state index is 12.2. The lowest BCUT2D eigenvalue weighted by atomic mass is 9.75. The average molecular weight is 298 g/mol. The predicted octanol–water partition coefficient (Wildman–Crippen LogP) is 1.51. The number of carbonyl (C=O) groups is 1. The van der Waals surface area contributed by atoms with Crippen LogP contribution in [0, 0.1) is 0 Å². The average Bonchev–Trinajstić information content (AvgIpc) is 2.48. The second-order valence-corrected chi connectivity index (χ2v) is 6.35. The molecule has 2 fully saturated rings. The number of hydrogen-bond acceptors (Lipinski definition) is 5. The molecule has 1 aliphatic heterocycles. The molecule has 0 spiro atoms. The van der Waals surface area contributed by atoms with Crippen LogP contribution in [0.4, 0.5) is 0 Å². The summed E-state index contributed by atoms with van der Waals surface area (Å²) >= 11 is 0. The van der Waals surface area contributed by atoms with E-state index < -0.39 is 0 Å². The van der Waals surface area contributed by atoms with E-state index in [1.807, 2.05) is 6.92 Å². The number of nitrogens with zero attached hydrogens (tertiary/aromatic N) is 2. The van der Waals surface area contributed by atoms with Crippen molar-refractivity contribution in [3.05, 3.63) is 0 Å². The summed E-state index contributed by atoms with van der Waals surface area (Å²) in [5.74, 6) is -0.0830. The summed E-state index contributed by atoms with van der Waals surface area (Å²) in [7, 11) is 3.94. The third-order valence-electron chi connectivity index (χ3n) is 5.10. The van der Waals surface area contributed by atoms with Gasteiger partial charge < -0.3 is 14.4 Å². The fraction of sp³-hybridized carbons (Fsp3) is 0.938. The summed E-state index contributed by atoms with van der Waals surface area (Å²) in [5, 5.41) is 0. The van der Waals surface area contributed by atoms with Crippen LogP contribution in [0.5, 0.6) is 0 Å². The van der Waals surface area contributed by atoms with E-state index in [9.17, 15) is 4.79 Å². The van der Waals surface area contributed by atoms with Crippen molar-refractivity contribution in [3.8, 4) is 0 Å². The lowest BCUT2D eigenvalue weighted by Crippen LogP contribution is -2.64. The van der Waals surface area contributed by atoms with Gasteiger partial charge in [-0.25, -0.2) is 0 Å². The largest absolute Gasteiger partial charge is 0.466 e. The Morgan fingerprint density at radius 1 is 1.24 bits per heavy atom. The van der Waals surface area contributed by atoms with E-state index >= 15 is 0 Å². The van der Waals surface area contributed by atoms with Crippen molar-refractivity contribution in [1.82, 2.24) is 9.80 Å². The molecule has 122 valence electrons. The lowest BCUT2D eigenvalue weighted by molar-refractivity contribution is -0.155. The molecule has 0 amide bonds. The van der Waals surface area contributed by atoms with Gasteiger partial charge in [-0.2, -0.15) is 0 Å². The van der Waals surface area contributed by atoms with E-state index in [-0.39, 0.29) is 17.6 Å². The van der Waals surface area contributed by atoms with Crippen LogP contribution in [0.2, 0.25) is 0 Å². The number of methoxy groups -OCH3 is 1. The van der Waals surface area contributed by atoms with Gasteiger partial charge in [-0.3, -0.25) is 9.69 Å². The molecule has 0 N–H and O–H groups in total. The first-order valence-electron chi connectivity index (χ1n) is 8.24. The minimum atomic E-state index is -0.166. The quantitative estimate of drug-likeness (QED) is 0.720. The molecular formula is C16H30N2O3. The molecule has 0 radical (unpaired) electrons. The fourth-order valence-electron chi connectivity index (χ4n) is 3.92. The highest BCUT2D eigenvalue weighted by Gasteiger charge is 2.48. The molecule has 5 nitrogen and oxygen atoms in total. The van der Waals surface area contributed by atoms with Gasteiger partial charge in [-0.15, -0.1) is 0 Å². The van der Waals surface area contributed by atoms with Gasteiger partial charge in [0.25, 0.3) is 0 Å². The van der Waals surface area contributed by atoms with Gasteiger partial charge in [-0.05, 0) is 26.8 Å². The van der Waals surface area contributed by atoms with Crippen LogP contribution in [0.3, 0.4) is 0 Å². The van der Waals surface area contributed by atoms with Crippen molar-refractivity contribution in [1.29, 1.82) is 0 Å². The number of likely N-dealkylation sites (N-methyl/N-ethyl adjacent to an activating group) is 1. The minimum absolute atomic E-state index is 0.0830. The van der Waals surface area contributed by atoms with Crippen LogP contribution in [-0.4, -0.2) is 74.4 Å². The van der Waals surface area contributed by atoms with Gasteiger partial charge in [0, 0.05) is 33.3 Å². The molecule has 2 rings (SSSR count). The predicted molar refractivity (Wildman–Crippen MR) is 82.3 cm³/mol. The van der Waals surface area contributed by atoms with E-state index in [1.165, 1.54) is 12.8 Å². The number of ether oxygens (including phenoxy) is 2. The Balaban J connectivity index is 2.17. The monoisotopic (exact) mass is 298 g/mol.